The SMILES string of the molecule is CC(C)(C)OC(=O)NC1CCN(CC2CCC2)C1. The highest BCUT2D eigenvalue weighted by Crippen LogP contribution is 2.28. The molecule has 4 nitrogen and oxygen atoms in total. The first-order valence-electron chi connectivity index (χ1n) is 7.14. The monoisotopic (exact) mass is 254 g/mol. The first-order valence-corrected chi connectivity index (χ1v) is 7.14. The summed E-state index contributed by atoms with van der Waals surface area (Å²) in [4.78, 5) is 14.1. The Bertz CT molecular complexity index is 295. The Morgan fingerprint density at radius 2 is 2.06 bits per heavy atom. The highest BCUT2D eigenvalue weighted by atomic mass is 16.6. The molecular weight excluding hydrogens is 228 g/mol. The van der Waals surface area contributed by atoms with Crippen molar-refractivity contribution in [3.63, 3.8) is 0 Å². The predicted molar refractivity (Wildman–Crippen MR) is 71.6 cm³/mol. The summed E-state index contributed by atoms with van der Waals surface area (Å²) in [6.45, 7) is 8.98. The van der Waals surface area contributed by atoms with Crippen molar-refractivity contribution in [2.75, 3.05) is 19.6 Å². The van der Waals surface area contributed by atoms with Gasteiger partial charge in [-0.15, -0.1) is 0 Å². The molecule has 18 heavy (non-hydrogen) atoms. The molecule has 1 saturated heterocycles. The quantitative estimate of drug-likeness (QED) is 0.841. The van der Waals surface area contributed by atoms with E-state index in [9.17, 15) is 4.79 Å². The van der Waals surface area contributed by atoms with Crippen molar-refractivity contribution in [1.82, 2.24) is 10.2 Å². The van der Waals surface area contributed by atoms with Gasteiger partial charge in [0.15, 0.2) is 0 Å². The van der Waals surface area contributed by atoms with Crippen LogP contribution in [-0.4, -0.2) is 42.3 Å². The summed E-state index contributed by atoms with van der Waals surface area (Å²) in [7, 11) is 0. The fourth-order valence-electron chi connectivity index (χ4n) is 2.63. The van der Waals surface area contributed by atoms with Crippen molar-refractivity contribution >= 4 is 6.09 Å². The number of rotatable bonds is 3. The number of alkyl carbamates (subject to hydrolysis) is 1. The van der Waals surface area contributed by atoms with E-state index in [1.54, 1.807) is 0 Å². The average Bonchev–Trinajstić information content (AvgIpc) is 2.56. The van der Waals surface area contributed by atoms with Crippen LogP contribution < -0.4 is 5.32 Å². The normalized spacial score (nSPS) is 25.8. The molecule has 1 aliphatic carbocycles. The molecule has 1 aliphatic heterocycles. The zero-order valence-electron chi connectivity index (χ0n) is 11.9. The molecule has 0 radical (unpaired) electrons. The van der Waals surface area contributed by atoms with Crippen LogP contribution in [0.3, 0.4) is 0 Å². The Balaban J connectivity index is 1.67. The number of likely N-dealkylation sites (tertiary alicyclic amines) is 1. The smallest absolute Gasteiger partial charge is 0.407 e. The van der Waals surface area contributed by atoms with Gasteiger partial charge >= 0.3 is 6.09 Å². The zero-order chi connectivity index (χ0) is 13.2. The number of hydrogen-bond donors (Lipinski definition) is 1. The van der Waals surface area contributed by atoms with Crippen molar-refractivity contribution in [2.45, 2.75) is 58.1 Å². The average molecular weight is 254 g/mol. The fourth-order valence-corrected chi connectivity index (χ4v) is 2.63. The Hall–Kier alpha value is -0.770. The highest BCUT2D eigenvalue weighted by molar-refractivity contribution is 5.68. The molecule has 2 rings (SSSR count). The van der Waals surface area contributed by atoms with Gasteiger partial charge in [0, 0.05) is 25.7 Å². The van der Waals surface area contributed by atoms with E-state index in [4.69, 9.17) is 4.74 Å². The molecule has 104 valence electrons. The largest absolute Gasteiger partial charge is 0.444 e. The lowest BCUT2D eigenvalue weighted by Crippen LogP contribution is -2.41. The van der Waals surface area contributed by atoms with E-state index in [2.05, 4.69) is 10.2 Å². The van der Waals surface area contributed by atoms with E-state index < -0.39 is 5.60 Å². The minimum Gasteiger partial charge on any atom is -0.444 e. The molecule has 1 N–H and O–H groups in total. The van der Waals surface area contributed by atoms with Gasteiger partial charge in [-0.3, -0.25) is 0 Å². The van der Waals surface area contributed by atoms with E-state index in [0.29, 0.717) is 0 Å². The topological polar surface area (TPSA) is 41.6 Å². The van der Waals surface area contributed by atoms with E-state index in [0.717, 1.165) is 25.4 Å². The van der Waals surface area contributed by atoms with Gasteiger partial charge in [0.2, 0.25) is 0 Å². The number of amides is 1. The van der Waals surface area contributed by atoms with Crippen molar-refractivity contribution in [3.8, 4) is 0 Å². The molecule has 0 bridgehead atoms. The Morgan fingerprint density at radius 1 is 1.33 bits per heavy atom. The zero-order valence-corrected chi connectivity index (χ0v) is 11.9. The number of nitrogens with one attached hydrogen (secondary N) is 1. The Kier molecular flexibility index (Phi) is 4.15. The van der Waals surface area contributed by atoms with E-state index in [1.807, 2.05) is 20.8 Å². The highest BCUT2D eigenvalue weighted by Gasteiger charge is 2.28. The first-order chi connectivity index (χ1) is 8.42. The minimum atomic E-state index is -0.408. The van der Waals surface area contributed by atoms with Crippen LogP contribution in [0, 0.1) is 5.92 Å². The Morgan fingerprint density at radius 3 is 2.61 bits per heavy atom. The summed E-state index contributed by atoms with van der Waals surface area (Å²) in [6.07, 6.45) is 4.95. The summed E-state index contributed by atoms with van der Waals surface area (Å²) in [5.41, 5.74) is -0.408. The second-order valence-electron chi connectivity index (χ2n) is 6.69. The summed E-state index contributed by atoms with van der Waals surface area (Å²) >= 11 is 0. The number of carbonyl (C=O) groups is 1. The van der Waals surface area contributed by atoms with Crippen LogP contribution in [0.5, 0.6) is 0 Å². The van der Waals surface area contributed by atoms with E-state index in [-0.39, 0.29) is 12.1 Å². The molecule has 0 aromatic carbocycles. The van der Waals surface area contributed by atoms with Gasteiger partial charge in [0.05, 0.1) is 0 Å². The van der Waals surface area contributed by atoms with Crippen LogP contribution in [0.15, 0.2) is 0 Å². The third-order valence-electron chi connectivity index (χ3n) is 3.73. The molecule has 1 saturated carbocycles. The third kappa shape index (κ3) is 4.16. The second kappa shape index (κ2) is 5.47. The van der Waals surface area contributed by atoms with Gasteiger partial charge in [0.25, 0.3) is 0 Å². The summed E-state index contributed by atoms with van der Waals surface area (Å²) in [5, 5.41) is 2.97. The van der Waals surface area contributed by atoms with Crippen LogP contribution >= 0.6 is 0 Å². The summed E-state index contributed by atoms with van der Waals surface area (Å²) in [5.74, 6) is 0.908. The van der Waals surface area contributed by atoms with E-state index in [1.165, 1.54) is 25.8 Å². The molecule has 2 aliphatic rings. The van der Waals surface area contributed by atoms with Crippen molar-refractivity contribution in [2.24, 2.45) is 5.92 Å². The minimum absolute atomic E-state index is 0.264. The lowest BCUT2D eigenvalue weighted by molar-refractivity contribution is 0.0505. The van der Waals surface area contributed by atoms with Gasteiger partial charge in [-0.1, -0.05) is 6.42 Å². The second-order valence-corrected chi connectivity index (χ2v) is 6.69. The molecule has 4 heteroatoms. The van der Waals surface area contributed by atoms with Crippen molar-refractivity contribution in [3.05, 3.63) is 0 Å². The van der Waals surface area contributed by atoms with Crippen molar-refractivity contribution < 1.29 is 9.53 Å². The van der Waals surface area contributed by atoms with Crippen LogP contribution in [0.2, 0.25) is 0 Å². The number of ether oxygens (including phenoxy) is 1. The fraction of sp³-hybridized carbons (Fsp3) is 0.929. The lowest BCUT2D eigenvalue weighted by Gasteiger charge is -2.30. The predicted octanol–water partition coefficient (Wildman–Crippen LogP) is 2.39. The number of carbonyl (C=O) groups excluding carboxylic acids is 1. The molecule has 1 heterocycles. The van der Waals surface area contributed by atoms with Gasteiger partial charge < -0.3 is 15.0 Å². The molecule has 1 atom stereocenters. The maximum atomic E-state index is 11.7. The third-order valence-corrected chi connectivity index (χ3v) is 3.73. The van der Waals surface area contributed by atoms with Gasteiger partial charge in [0.1, 0.15) is 5.60 Å². The van der Waals surface area contributed by atoms with Crippen LogP contribution in [0.4, 0.5) is 4.79 Å². The van der Waals surface area contributed by atoms with Crippen molar-refractivity contribution in [1.29, 1.82) is 0 Å². The first kappa shape index (κ1) is 13.7. The van der Waals surface area contributed by atoms with Gasteiger partial charge in [-0.2, -0.15) is 0 Å². The van der Waals surface area contributed by atoms with Crippen LogP contribution in [0.25, 0.3) is 0 Å². The molecule has 1 amide bonds. The summed E-state index contributed by atoms with van der Waals surface area (Å²) < 4.78 is 5.28. The molecule has 0 aromatic heterocycles. The van der Waals surface area contributed by atoms with Crippen LogP contribution in [0.1, 0.15) is 46.5 Å². The number of nitrogens with zero attached hydrogens (tertiary/aromatic N) is 1. The van der Waals surface area contributed by atoms with Crippen LogP contribution in [-0.2, 0) is 4.74 Å². The maximum Gasteiger partial charge on any atom is 0.407 e. The molecule has 0 spiro atoms. The maximum absolute atomic E-state index is 11.7. The van der Waals surface area contributed by atoms with Gasteiger partial charge in [-0.05, 0) is 46.0 Å². The molecule has 0 aromatic rings. The molecule has 2 fully saturated rings. The molecule has 1 unspecified atom stereocenters. The number of hydrogen-bond acceptors (Lipinski definition) is 3. The Labute approximate surface area is 110 Å². The van der Waals surface area contributed by atoms with Gasteiger partial charge in [-0.25, -0.2) is 4.79 Å². The lowest BCUT2D eigenvalue weighted by atomic mass is 9.85. The van der Waals surface area contributed by atoms with E-state index >= 15 is 0 Å². The summed E-state index contributed by atoms with van der Waals surface area (Å²) in [6, 6.07) is 0.264. The standard InChI is InChI=1S/C14H26N2O2/c1-14(2,3)18-13(17)15-12-7-8-16(10-12)9-11-5-4-6-11/h11-12H,4-10H2,1-3H3,(H,15,17). The molecular formula is C14H26N2O2.